The van der Waals surface area contributed by atoms with E-state index in [0.29, 0.717) is 12.3 Å². The molecule has 2 aromatic rings. The molecule has 0 bridgehead atoms. The molecule has 0 unspecified atom stereocenters. The van der Waals surface area contributed by atoms with Crippen molar-refractivity contribution in [3.63, 3.8) is 0 Å². The Morgan fingerprint density at radius 1 is 1.47 bits per heavy atom. The summed E-state index contributed by atoms with van der Waals surface area (Å²) in [4.78, 5) is 14.7. The van der Waals surface area contributed by atoms with Crippen molar-refractivity contribution in [2.24, 2.45) is 0 Å². The standard InChI is InChI=1S/C11H10N2O2/c14-6-12-8-3-4-10-9(5-8)13-11(15-10)7-1-2-7/h3-7H,1-2H2,(H,12,14). The quantitative estimate of drug-likeness (QED) is 0.777. The first kappa shape index (κ1) is 8.47. The second kappa shape index (κ2) is 3.08. The Bertz CT molecular complexity index is 514. The van der Waals surface area contributed by atoms with E-state index < -0.39 is 0 Å². The number of hydrogen-bond donors (Lipinski definition) is 1. The number of amides is 1. The number of aromatic nitrogens is 1. The fourth-order valence-electron chi connectivity index (χ4n) is 1.61. The first-order valence-corrected chi connectivity index (χ1v) is 4.97. The molecule has 0 spiro atoms. The molecular formula is C11H10N2O2. The SMILES string of the molecule is O=CNc1ccc2oc(C3CC3)nc2c1. The maximum absolute atomic E-state index is 10.3. The molecule has 1 aromatic carbocycles. The topological polar surface area (TPSA) is 55.1 Å². The number of carbonyl (C=O) groups excluding carboxylic acids is 1. The molecule has 1 aliphatic rings. The van der Waals surface area contributed by atoms with Crippen LogP contribution in [0.25, 0.3) is 11.1 Å². The predicted molar refractivity (Wildman–Crippen MR) is 55.7 cm³/mol. The molecule has 1 amide bonds. The third kappa shape index (κ3) is 1.48. The van der Waals surface area contributed by atoms with Crippen molar-refractivity contribution in [2.45, 2.75) is 18.8 Å². The van der Waals surface area contributed by atoms with Gasteiger partial charge in [0.25, 0.3) is 0 Å². The molecule has 4 heteroatoms. The number of nitrogens with zero attached hydrogens (tertiary/aromatic N) is 1. The average molecular weight is 202 g/mol. The van der Waals surface area contributed by atoms with Crippen molar-refractivity contribution in [1.29, 1.82) is 0 Å². The smallest absolute Gasteiger partial charge is 0.211 e. The van der Waals surface area contributed by atoms with Crippen molar-refractivity contribution in [3.8, 4) is 0 Å². The third-order valence-corrected chi connectivity index (χ3v) is 2.56. The molecule has 0 radical (unpaired) electrons. The fraction of sp³-hybridized carbons (Fsp3) is 0.273. The van der Waals surface area contributed by atoms with E-state index in [9.17, 15) is 4.79 Å². The Labute approximate surface area is 86.3 Å². The summed E-state index contributed by atoms with van der Waals surface area (Å²) < 4.78 is 5.60. The van der Waals surface area contributed by atoms with Crippen molar-refractivity contribution < 1.29 is 9.21 Å². The van der Waals surface area contributed by atoms with Gasteiger partial charge in [-0.15, -0.1) is 0 Å². The van der Waals surface area contributed by atoms with Crippen molar-refractivity contribution >= 4 is 23.2 Å². The van der Waals surface area contributed by atoms with Gasteiger partial charge in [-0.1, -0.05) is 0 Å². The van der Waals surface area contributed by atoms with E-state index in [0.717, 1.165) is 22.7 Å². The van der Waals surface area contributed by atoms with Gasteiger partial charge >= 0.3 is 0 Å². The van der Waals surface area contributed by atoms with Crippen LogP contribution in [0.3, 0.4) is 0 Å². The first-order chi connectivity index (χ1) is 7.36. The van der Waals surface area contributed by atoms with E-state index in [1.165, 1.54) is 12.8 Å². The minimum atomic E-state index is 0.514. The van der Waals surface area contributed by atoms with Crippen LogP contribution >= 0.6 is 0 Å². The van der Waals surface area contributed by atoms with E-state index in [2.05, 4.69) is 10.3 Å². The molecule has 1 saturated carbocycles. The van der Waals surface area contributed by atoms with Gasteiger partial charge in [0.2, 0.25) is 6.41 Å². The number of benzene rings is 1. The molecule has 76 valence electrons. The van der Waals surface area contributed by atoms with Gasteiger partial charge in [-0.25, -0.2) is 4.98 Å². The van der Waals surface area contributed by atoms with Crippen LogP contribution < -0.4 is 5.32 Å². The molecule has 1 heterocycles. The lowest BCUT2D eigenvalue weighted by Crippen LogP contribution is -1.92. The summed E-state index contributed by atoms with van der Waals surface area (Å²) >= 11 is 0. The number of oxazole rings is 1. The van der Waals surface area contributed by atoms with E-state index >= 15 is 0 Å². The minimum Gasteiger partial charge on any atom is -0.440 e. The lowest BCUT2D eigenvalue weighted by molar-refractivity contribution is -0.105. The molecule has 3 rings (SSSR count). The molecule has 15 heavy (non-hydrogen) atoms. The largest absolute Gasteiger partial charge is 0.440 e. The number of anilines is 1. The summed E-state index contributed by atoms with van der Waals surface area (Å²) in [6.45, 7) is 0. The monoisotopic (exact) mass is 202 g/mol. The maximum atomic E-state index is 10.3. The van der Waals surface area contributed by atoms with Gasteiger partial charge in [-0.3, -0.25) is 4.79 Å². The second-order valence-corrected chi connectivity index (χ2v) is 3.77. The molecule has 4 nitrogen and oxygen atoms in total. The summed E-state index contributed by atoms with van der Waals surface area (Å²) in [5, 5.41) is 2.59. The summed E-state index contributed by atoms with van der Waals surface area (Å²) in [5.41, 5.74) is 2.34. The van der Waals surface area contributed by atoms with Crippen molar-refractivity contribution in [2.75, 3.05) is 5.32 Å². The molecule has 1 N–H and O–H groups in total. The highest BCUT2D eigenvalue weighted by Crippen LogP contribution is 2.40. The van der Waals surface area contributed by atoms with E-state index in [1.54, 1.807) is 6.07 Å². The average Bonchev–Trinajstić information content (AvgIpc) is 2.99. The number of fused-ring (bicyclic) bond motifs is 1. The predicted octanol–water partition coefficient (Wildman–Crippen LogP) is 2.27. The van der Waals surface area contributed by atoms with Crippen LogP contribution in [0.5, 0.6) is 0 Å². The number of nitrogens with one attached hydrogen (secondary N) is 1. The molecule has 1 fully saturated rings. The summed E-state index contributed by atoms with van der Waals surface area (Å²) in [7, 11) is 0. The van der Waals surface area contributed by atoms with Crippen LogP contribution in [0, 0.1) is 0 Å². The molecule has 0 aliphatic heterocycles. The fourth-order valence-corrected chi connectivity index (χ4v) is 1.61. The van der Waals surface area contributed by atoms with Crippen LogP contribution in [-0.2, 0) is 4.79 Å². The number of hydrogen-bond acceptors (Lipinski definition) is 3. The Kier molecular flexibility index (Phi) is 1.74. The van der Waals surface area contributed by atoms with Gasteiger partial charge in [0.15, 0.2) is 11.5 Å². The van der Waals surface area contributed by atoms with Crippen LogP contribution in [0.1, 0.15) is 24.7 Å². The lowest BCUT2D eigenvalue weighted by Gasteiger charge is -1.95. The zero-order valence-electron chi connectivity index (χ0n) is 8.06. The van der Waals surface area contributed by atoms with Gasteiger partial charge in [0.1, 0.15) is 5.52 Å². The van der Waals surface area contributed by atoms with Gasteiger partial charge in [0.05, 0.1) is 0 Å². The molecular weight excluding hydrogens is 192 g/mol. The van der Waals surface area contributed by atoms with E-state index in [-0.39, 0.29) is 0 Å². The summed E-state index contributed by atoms with van der Waals surface area (Å²) in [5.74, 6) is 1.34. The summed E-state index contributed by atoms with van der Waals surface area (Å²) in [6, 6.07) is 5.46. The van der Waals surface area contributed by atoms with Crippen LogP contribution in [0.2, 0.25) is 0 Å². The highest BCUT2D eigenvalue weighted by molar-refractivity contribution is 5.81. The lowest BCUT2D eigenvalue weighted by atomic mass is 10.3. The van der Waals surface area contributed by atoms with Crippen molar-refractivity contribution in [3.05, 3.63) is 24.1 Å². The number of rotatable bonds is 3. The Balaban J connectivity index is 2.05. The molecule has 1 aliphatic carbocycles. The van der Waals surface area contributed by atoms with Gasteiger partial charge in [-0.2, -0.15) is 0 Å². The zero-order valence-corrected chi connectivity index (χ0v) is 8.06. The third-order valence-electron chi connectivity index (χ3n) is 2.56. The molecule has 0 atom stereocenters. The highest BCUT2D eigenvalue weighted by atomic mass is 16.3. The van der Waals surface area contributed by atoms with Crippen LogP contribution in [0.15, 0.2) is 22.6 Å². The Morgan fingerprint density at radius 3 is 3.07 bits per heavy atom. The Hall–Kier alpha value is -1.84. The van der Waals surface area contributed by atoms with Crippen LogP contribution in [0.4, 0.5) is 5.69 Å². The van der Waals surface area contributed by atoms with Gasteiger partial charge < -0.3 is 9.73 Å². The molecule has 0 saturated heterocycles. The zero-order chi connectivity index (χ0) is 10.3. The second-order valence-electron chi connectivity index (χ2n) is 3.77. The Morgan fingerprint density at radius 2 is 2.33 bits per heavy atom. The van der Waals surface area contributed by atoms with Crippen molar-refractivity contribution in [1.82, 2.24) is 4.98 Å². The molecule has 1 aromatic heterocycles. The van der Waals surface area contributed by atoms with Gasteiger partial charge in [0, 0.05) is 11.6 Å². The maximum Gasteiger partial charge on any atom is 0.211 e. The first-order valence-electron chi connectivity index (χ1n) is 4.97. The highest BCUT2D eigenvalue weighted by Gasteiger charge is 2.28. The minimum absolute atomic E-state index is 0.514. The van der Waals surface area contributed by atoms with E-state index in [1.807, 2.05) is 12.1 Å². The normalized spacial score (nSPS) is 15.5. The van der Waals surface area contributed by atoms with E-state index in [4.69, 9.17) is 4.42 Å². The van der Waals surface area contributed by atoms with Crippen LogP contribution in [-0.4, -0.2) is 11.4 Å². The van der Waals surface area contributed by atoms with Gasteiger partial charge in [-0.05, 0) is 31.0 Å². The summed E-state index contributed by atoms with van der Waals surface area (Å²) in [6.07, 6.45) is 3.00. The number of carbonyl (C=O) groups is 1.